The highest BCUT2D eigenvalue weighted by Crippen LogP contribution is 2.17. The molecule has 0 spiro atoms. The first-order valence-corrected chi connectivity index (χ1v) is 6.54. The number of benzene rings is 1. The average molecular weight is 272 g/mol. The molecule has 0 amide bonds. The highest BCUT2D eigenvalue weighted by atomic mass is 35.5. The molecule has 0 bridgehead atoms. The van der Waals surface area contributed by atoms with E-state index < -0.39 is 0 Å². The van der Waals surface area contributed by atoms with E-state index in [4.69, 9.17) is 17.3 Å². The van der Waals surface area contributed by atoms with Crippen molar-refractivity contribution in [1.29, 1.82) is 0 Å². The van der Waals surface area contributed by atoms with Gasteiger partial charge in [0.1, 0.15) is 5.82 Å². The summed E-state index contributed by atoms with van der Waals surface area (Å²) in [5.41, 5.74) is 9.07. The highest BCUT2D eigenvalue weighted by Gasteiger charge is 2.07. The van der Waals surface area contributed by atoms with E-state index >= 15 is 0 Å². The molecule has 19 heavy (non-hydrogen) atoms. The molecule has 0 unspecified atom stereocenters. The van der Waals surface area contributed by atoms with Gasteiger partial charge in [0.15, 0.2) is 0 Å². The molecule has 3 aromatic rings. The van der Waals surface area contributed by atoms with Crippen molar-refractivity contribution in [3.8, 4) is 0 Å². The number of aromatic nitrogens is 2. The lowest BCUT2D eigenvalue weighted by molar-refractivity contribution is 0.877. The third kappa shape index (κ3) is 2.35. The second-order valence-electron chi connectivity index (χ2n) is 4.46. The molecule has 3 rings (SSSR count). The molecule has 96 valence electrons. The van der Waals surface area contributed by atoms with E-state index in [9.17, 15) is 0 Å². The Morgan fingerprint density at radius 3 is 2.79 bits per heavy atom. The van der Waals surface area contributed by atoms with Gasteiger partial charge in [-0.15, -0.1) is 0 Å². The maximum absolute atomic E-state index is 6.01. The molecule has 0 aliphatic heterocycles. The first-order valence-electron chi connectivity index (χ1n) is 6.16. The summed E-state index contributed by atoms with van der Waals surface area (Å²) in [5.74, 6) is 0.985. The molecular formula is C15H14ClN3. The summed E-state index contributed by atoms with van der Waals surface area (Å²) in [6.07, 6.45) is 2.62. The van der Waals surface area contributed by atoms with Crippen molar-refractivity contribution in [2.24, 2.45) is 5.73 Å². The summed E-state index contributed by atoms with van der Waals surface area (Å²) in [6, 6.07) is 13.9. The predicted octanol–water partition coefficient (Wildman–Crippen LogP) is 3.04. The second kappa shape index (κ2) is 5.03. The van der Waals surface area contributed by atoms with Crippen LogP contribution in [0, 0.1) is 0 Å². The predicted molar refractivity (Wildman–Crippen MR) is 77.3 cm³/mol. The van der Waals surface area contributed by atoms with Crippen molar-refractivity contribution in [3.05, 3.63) is 70.8 Å². The zero-order valence-corrected chi connectivity index (χ0v) is 11.1. The molecule has 0 saturated carbocycles. The first kappa shape index (κ1) is 12.2. The lowest BCUT2D eigenvalue weighted by Gasteiger charge is -2.07. The van der Waals surface area contributed by atoms with Crippen LogP contribution in [0.4, 0.5) is 0 Å². The van der Waals surface area contributed by atoms with E-state index in [1.54, 1.807) is 0 Å². The normalized spacial score (nSPS) is 11.1. The van der Waals surface area contributed by atoms with Gasteiger partial charge in [0.05, 0.1) is 11.7 Å². The number of nitrogens with zero attached hydrogens (tertiary/aromatic N) is 2. The van der Waals surface area contributed by atoms with Gasteiger partial charge in [-0.05, 0) is 29.8 Å². The Balaban J connectivity index is 2.06. The maximum Gasteiger partial charge on any atom is 0.117 e. The fourth-order valence-corrected chi connectivity index (χ4v) is 2.51. The standard InChI is InChI=1S/C15H14ClN3/c16-12-4-1-3-11(7-12)8-15-18-10-14-6-2-5-13(9-17)19(14)15/h1-7,10H,8-9,17H2. The van der Waals surface area contributed by atoms with Gasteiger partial charge in [-0.25, -0.2) is 4.98 Å². The Hall–Kier alpha value is -1.84. The summed E-state index contributed by atoms with van der Waals surface area (Å²) < 4.78 is 2.11. The molecule has 2 aromatic heterocycles. The fraction of sp³-hybridized carbons (Fsp3) is 0.133. The molecule has 2 heterocycles. The summed E-state index contributed by atoms with van der Waals surface area (Å²) in [6.45, 7) is 0.496. The van der Waals surface area contributed by atoms with Crippen molar-refractivity contribution in [2.45, 2.75) is 13.0 Å². The average Bonchev–Trinajstić information content (AvgIpc) is 2.82. The Morgan fingerprint density at radius 1 is 1.16 bits per heavy atom. The van der Waals surface area contributed by atoms with Gasteiger partial charge >= 0.3 is 0 Å². The molecule has 4 heteroatoms. The SMILES string of the molecule is NCc1cccc2cnc(Cc3cccc(Cl)c3)n12. The molecule has 0 fully saturated rings. The third-order valence-corrected chi connectivity index (χ3v) is 3.40. The molecule has 0 atom stereocenters. The molecule has 3 nitrogen and oxygen atoms in total. The number of hydrogen-bond donors (Lipinski definition) is 1. The molecule has 0 aliphatic carbocycles. The van der Waals surface area contributed by atoms with Crippen LogP contribution in [-0.2, 0) is 13.0 Å². The van der Waals surface area contributed by atoms with E-state index in [1.807, 2.05) is 42.6 Å². The van der Waals surface area contributed by atoms with E-state index in [1.165, 1.54) is 0 Å². The van der Waals surface area contributed by atoms with Crippen LogP contribution >= 0.6 is 11.6 Å². The number of nitrogens with two attached hydrogens (primary N) is 1. The van der Waals surface area contributed by atoms with Crippen LogP contribution < -0.4 is 5.73 Å². The van der Waals surface area contributed by atoms with E-state index in [0.29, 0.717) is 6.54 Å². The van der Waals surface area contributed by atoms with E-state index in [-0.39, 0.29) is 0 Å². The molecule has 0 radical (unpaired) electrons. The van der Waals surface area contributed by atoms with Crippen molar-refractivity contribution in [1.82, 2.24) is 9.38 Å². The molecule has 1 aromatic carbocycles. The zero-order chi connectivity index (χ0) is 13.2. The largest absolute Gasteiger partial charge is 0.325 e. The van der Waals surface area contributed by atoms with Crippen molar-refractivity contribution in [2.75, 3.05) is 0 Å². The van der Waals surface area contributed by atoms with Crippen LogP contribution in [0.15, 0.2) is 48.7 Å². The minimum absolute atomic E-state index is 0.496. The lowest BCUT2D eigenvalue weighted by Crippen LogP contribution is -2.06. The minimum atomic E-state index is 0.496. The highest BCUT2D eigenvalue weighted by molar-refractivity contribution is 6.30. The first-order chi connectivity index (χ1) is 9.28. The smallest absolute Gasteiger partial charge is 0.117 e. The van der Waals surface area contributed by atoms with Crippen LogP contribution in [0.3, 0.4) is 0 Å². The Kier molecular flexibility index (Phi) is 3.23. The van der Waals surface area contributed by atoms with Crippen LogP contribution in [0.1, 0.15) is 17.1 Å². The third-order valence-electron chi connectivity index (χ3n) is 3.17. The Bertz CT molecular complexity index is 718. The molecule has 0 saturated heterocycles. The van der Waals surface area contributed by atoms with Gasteiger partial charge in [0, 0.05) is 23.7 Å². The van der Waals surface area contributed by atoms with Crippen LogP contribution in [0.5, 0.6) is 0 Å². The number of halogens is 1. The number of pyridine rings is 1. The lowest BCUT2D eigenvalue weighted by atomic mass is 10.1. The minimum Gasteiger partial charge on any atom is -0.325 e. The maximum atomic E-state index is 6.01. The van der Waals surface area contributed by atoms with Crippen LogP contribution in [-0.4, -0.2) is 9.38 Å². The van der Waals surface area contributed by atoms with Crippen molar-refractivity contribution >= 4 is 17.1 Å². The van der Waals surface area contributed by atoms with Crippen molar-refractivity contribution in [3.63, 3.8) is 0 Å². The van der Waals surface area contributed by atoms with E-state index in [0.717, 1.165) is 34.0 Å². The Morgan fingerprint density at radius 2 is 2.00 bits per heavy atom. The van der Waals surface area contributed by atoms with Crippen LogP contribution in [0.2, 0.25) is 5.02 Å². The quantitative estimate of drug-likeness (QED) is 0.796. The summed E-state index contributed by atoms with van der Waals surface area (Å²) in [7, 11) is 0. The fourth-order valence-electron chi connectivity index (χ4n) is 2.30. The van der Waals surface area contributed by atoms with Gasteiger partial charge in [0.25, 0.3) is 0 Å². The van der Waals surface area contributed by atoms with Crippen LogP contribution in [0.25, 0.3) is 5.52 Å². The van der Waals surface area contributed by atoms with Gasteiger partial charge in [-0.2, -0.15) is 0 Å². The zero-order valence-electron chi connectivity index (χ0n) is 10.4. The molecular weight excluding hydrogens is 258 g/mol. The Labute approximate surface area is 116 Å². The number of imidazole rings is 1. The van der Waals surface area contributed by atoms with Gasteiger partial charge in [0.2, 0.25) is 0 Å². The monoisotopic (exact) mass is 271 g/mol. The number of rotatable bonds is 3. The van der Waals surface area contributed by atoms with Gasteiger partial charge < -0.3 is 5.73 Å². The summed E-state index contributed by atoms with van der Waals surface area (Å²) in [5, 5.41) is 0.748. The van der Waals surface area contributed by atoms with Gasteiger partial charge in [-0.3, -0.25) is 4.40 Å². The number of fused-ring (bicyclic) bond motifs is 1. The van der Waals surface area contributed by atoms with E-state index in [2.05, 4.69) is 15.5 Å². The summed E-state index contributed by atoms with van der Waals surface area (Å²) >= 11 is 6.01. The van der Waals surface area contributed by atoms with Crippen molar-refractivity contribution < 1.29 is 0 Å². The number of hydrogen-bond acceptors (Lipinski definition) is 2. The topological polar surface area (TPSA) is 43.3 Å². The molecule has 0 aliphatic rings. The molecule has 2 N–H and O–H groups in total. The summed E-state index contributed by atoms with van der Waals surface area (Å²) in [4.78, 5) is 4.49. The second-order valence-corrected chi connectivity index (χ2v) is 4.90. The van der Waals surface area contributed by atoms with Gasteiger partial charge in [-0.1, -0.05) is 29.8 Å².